The van der Waals surface area contributed by atoms with Crippen LogP contribution >= 0.6 is 0 Å². The summed E-state index contributed by atoms with van der Waals surface area (Å²) in [6.07, 6.45) is 12.5. The maximum Gasteiger partial charge on any atom is 0.267 e. The Bertz CT molecular complexity index is 2640. The van der Waals surface area contributed by atoms with Crippen molar-refractivity contribution in [1.82, 2.24) is 38.7 Å². The van der Waals surface area contributed by atoms with Crippen LogP contribution in [-0.2, 0) is 0 Å². The Balaban J connectivity index is 0.000000148. The van der Waals surface area contributed by atoms with Crippen molar-refractivity contribution >= 4 is 17.2 Å². The summed E-state index contributed by atoms with van der Waals surface area (Å²) in [5, 5.41) is 9.17. The summed E-state index contributed by atoms with van der Waals surface area (Å²) >= 11 is 0. The summed E-state index contributed by atoms with van der Waals surface area (Å²) in [5.41, 5.74) is 15.0. The molecule has 1 aliphatic rings. The van der Waals surface area contributed by atoms with Gasteiger partial charge in [0.15, 0.2) is 0 Å². The van der Waals surface area contributed by atoms with Gasteiger partial charge in [-0.1, -0.05) is 24.3 Å². The van der Waals surface area contributed by atoms with Gasteiger partial charge in [0.1, 0.15) is 28.8 Å². The van der Waals surface area contributed by atoms with Crippen LogP contribution in [0.15, 0.2) is 122 Å². The van der Waals surface area contributed by atoms with Gasteiger partial charge >= 0.3 is 0 Å². The number of rotatable bonds is 6. The van der Waals surface area contributed by atoms with E-state index in [2.05, 4.69) is 37.1 Å². The molecule has 0 aromatic carbocycles. The Morgan fingerprint density at radius 2 is 1.33 bits per heavy atom. The van der Waals surface area contributed by atoms with Crippen LogP contribution < -0.4 is 5.73 Å². The lowest BCUT2D eigenvalue weighted by Crippen LogP contribution is -2.13. The maximum atomic E-state index is 13.5. The first-order valence-corrected chi connectivity index (χ1v) is 16.1. The average Bonchev–Trinajstić information content (AvgIpc) is 3.81. The molecule has 2 N–H and O–H groups in total. The van der Waals surface area contributed by atoms with Gasteiger partial charge in [-0.05, 0) is 73.5 Å². The van der Waals surface area contributed by atoms with E-state index in [1.807, 2.05) is 67.0 Å². The van der Waals surface area contributed by atoms with Crippen molar-refractivity contribution in [2.75, 3.05) is 0 Å². The monoisotopic (exact) mass is 670 g/mol. The Morgan fingerprint density at radius 3 is 1.96 bits per heavy atom. The number of nitriles is 1. The van der Waals surface area contributed by atoms with E-state index in [0.717, 1.165) is 39.3 Å². The zero-order chi connectivity index (χ0) is 34.9. The number of amides is 1. The first-order valence-electron chi connectivity index (χ1n) is 16.1. The molecule has 0 atom stereocenters. The Morgan fingerprint density at radius 1 is 0.725 bits per heavy atom. The number of hydrogen-bond acceptors (Lipinski definition) is 8. The lowest BCUT2D eigenvalue weighted by Gasteiger charge is -2.10. The first-order chi connectivity index (χ1) is 25.0. The fraction of sp³-hybridized carbons (Fsp3) is 0.0769. The fourth-order valence-corrected chi connectivity index (χ4v) is 5.96. The molecule has 246 valence electrons. The second kappa shape index (κ2) is 13.1. The number of nitrogens with two attached hydrogens (primary N) is 1. The number of halogens is 1. The Labute approximate surface area is 290 Å². The zero-order valence-electron chi connectivity index (χ0n) is 26.9. The van der Waals surface area contributed by atoms with Crippen LogP contribution in [0.5, 0.6) is 0 Å². The van der Waals surface area contributed by atoms with Gasteiger partial charge in [0.2, 0.25) is 5.95 Å². The SMILES string of the molecule is N#Cc1cnc2ccc(-c3cccnc3-c3cccc(F)n3)cn12.NC(=O)c1cnc2ccc(-c3cccnc3-c3cccc(C4CC4)n3)cn12. The summed E-state index contributed by atoms with van der Waals surface area (Å²) in [6, 6.07) is 28.0. The third kappa shape index (κ3) is 6.15. The van der Waals surface area contributed by atoms with Gasteiger partial charge in [-0.3, -0.25) is 28.5 Å². The number of primary amides is 1. The van der Waals surface area contributed by atoms with Crippen molar-refractivity contribution in [2.45, 2.75) is 18.8 Å². The van der Waals surface area contributed by atoms with Gasteiger partial charge in [0.05, 0.1) is 35.2 Å². The molecule has 8 heterocycles. The number of nitrogens with zero attached hydrogens (tertiary/aromatic N) is 9. The summed E-state index contributed by atoms with van der Waals surface area (Å²) in [4.78, 5) is 37.8. The molecule has 51 heavy (non-hydrogen) atoms. The van der Waals surface area contributed by atoms with Gasteiger partial charge in [-0.2, -0.15) is 9.65 Å². The largest absolute Gasteiger partial charge is 0.364 e. The molecular weight excluding hydrogens is 643 g/mol. The Kier molecular flexibility index (Phi) is 7.98. The number of pyridine rings is 6. The van der Waals surface area contributed by atoms with Crippen molar-refractivity contribution in [3.63, 3.8) is 0 Å². The van der Waals surface area contributed by atoms with Crippen molar-refractivity contribution < 1.29 is 9.18 Å². The van der Waals surface area contributed by atoms with Crippen LogP contribution in [0.25, 0.3) is 56.3 Å². The van der Waals surface area contributed by atoms with Crippen LogP contribution in [0.4, 0.5) is 4.39 Å². The van der Waals surface area contributed by atoms with E-state index >= 15 is 0 Å². The molecule has 0 aliphatic heterocycles. The molecule has 8 aromatic rings. The normalized spacial score (nSPS) is 12.3. The van der Waals surface area contributed by atoms with Gasteiger partial charge < -0.3 is 5.73 Å². The summed E-state index contributed by atoms with van der Waals surface area (Å²) in [7, 11) is 0. The highest BCUT2D eigenvalue weighted by Gasteiger charge is 2.25. The third-order valence-corrected chi connectivity index (χ3v) is 8.58. The molecule has 9 rings (SSSR count). The highest BCUT2D eigenvalue weighted by molar-refractivity contribution is 5.92. The number of aromatic nitrogens is 8. The number of imidazole rings is 2. The van der Waals surface area contributed by atoms with Crippen LogP contribution in [0.3, 0.4) is 0 Å². The number of fused-ring (bicyclic) bond motifs is 2. The number of carbonyl (C=O) groups excluding carboxylic acids is 1. The highest BCUT2D eigenvalue weighted by Crippen LogP contribution is 2.40. The molecule has 0 saturated heterocycles. The van der Waals surface area contributed by atoms with E-state index in [4.69, 9.17) is 10.7 Å². The van der Waals surface area contributed by atoms with Crippen LogP contribution in [0.2, 0.25) is 0 Å². The first kappa shape index (κ1) is 31.2. The van der Waals surface area contributed by atoms with Crippen LogP contribution in [0, 0.1) is 17.3 Å². The van der Waals surface area contributed by atoms with Crippen molar-refractivity contribution in [1.29, 1.82) is 5.26 Å². The average molecular weight is 671 g/mol. The molecule has 1 aliphatic carbocycles. The molecule has 1 amide bonds. The van der Waals surface area contributed by atoms with E-state index in [1.165, 1.54) is 31.3 Å². The van der Waals surface area contributed by atoms with E-state index < -0.39 is 11.9 Å². The Hall–Kier alpha value is -7.13. The molecule has 1 saturated carbocycles. The molecule has 1 fully saturated rings. The zero-order valence-corrected chi connectivity index (χ0v) is 26.9. The molecule has 11 nitrogen and oxygen atoms in total. The van der Waals surface area contributed by atoms with Gasteiger partial charge in [0, 0.05) is 58.7 Å². The fourth-order valence-electron chi connectivity index (χ4n) is 5.96. The van der Waals surface area contributed by atoms with E-state index in [9.17, 15) is 14.4 Å². The molecule has 0 bridgehead atoms. The summed E-state index contributed by atoms with van der Waals surface area (Å²) in [6.45, 7) is 0. The third-order valence-electron chi connectivity index (χ3n) is 8.58. The molecule has 8 aromatic heterocycles. The lowest BCUT2D eigenvalue weighted by atomic mass is 10.0. The molecule has 0 unspecified atom stereocenters. The van der Waals surface area contributed by atoms with E-state index in [0.29, 0.717) is 40.0 Å². The minimum atomic E-state index is -0.555. The van der Waals surface area contributed by atoms with Gasteiger partial charge in [0.25, 0.3) is 5.91 Å². The van der Waals surface area contributed by atoms with Crippen LogP contribution in [0.1, 0.15) is 40.6 Å². The number of carbonyl (C=O) groups is 1. The van der Waals surface area contributed by atoms with E-state index in [1.54, 1.807) is 39.4 Å². The maximum absolute atomic E-state index is 13.5. The van der Waals surface area contributed by atoms with Gasteiger partial charge in [-0.25, -0.2) is 15.0 Å². The van der Waals surface area contributed by atoms with Crippen molar-refractivity contribution in [2.24, 2.45) is 5.73 Å². The molecule has 0 radical (unpaired) electrons. The van der Waals surface area contributed by atoms with Crippen molar-refractivity contribution in [3.05, 3.63) is 145 Å². The minimum absolute atomic E-state index is 0.353. The number of hydrogen-bond donors (Lipinski definition) is 1. The predicted octanol–water partition coefficient (Wildman–Crippen LogP) is 6.90. The second-order valence-corrected chi connectivity index (χ2v) is 11.9. The van der Waals surface area contributed by atoms with Crippen molar-refractivity contribution in [3.8, 4) is 51.1 Å². The highest BCUT2D eigenvalue weighted by atomic mass is 19.1. The standard InChI is InChI=1S/C21H17N5O.C18H10FN5/c22-21(27)18-11-24-19-9-8-14(12-26(18)19)15-3-2-10-23-20(15)17-5-1-4-16(25-17)13-6-7-13;19-16-5-1-4-15(23-16)18-14(3-2-8-21-18)12-6-7-17-22-10-13(9-20)24(17)11-12/h1-5,8-13H,6-7H2,(H2,22,27);1-8,10-11H. The molecular formula is C39H27FN10O. The predicted molar refractivity (Wildman–Crippen MR) is 188 cm³/mol. The lowest BCUT2D eigenvalue weighted by molar-refractivity contribution is 0.0994. The van der Waals surface area contributed by atoms with Crippen LogP contribution in [-0.4, -0.2) is 44.6 Å². The quantitative estimate of drug-likeness (QED) is 0.188. The summed E-state index contributed by atoms with van der Waals surface area (Å²) in [5.74, 6) is -0.483. The molecule has 0 spiro atoms. The van der Waals surface area contributed by atoms with Gasteiger partial charge in [-0.15, -0.1) is 0 Å². The minimum Gasteiger partial charge on any atom is -0.364 e. The smallest absolute Gasteiger partial charge is 0.267 e. The second-order valence-electron chi connectivity index (χ2n) is 11.9. The summed E-state index contributed by atoms with van der Waals surface area (Å²) < 4.78 is 16.9. The topological polar surface area (TPSA) is 153 Å². The van der Waals surface area contributed by atoms with E-state index in [-0.39, 0.29) is 0 Å². The molecule has 12 heteroatoms.